The van der Waals surface area contributed by atoms with Gasteiger partial charge in [-0.05, 0) is 76.1 Å². The van der Waals surface area contributed by atoms with Crippen LogP contribution in [0.25, 0.3) is 22.2 Å². The van der Waals surface area contributed by atoms with E-state index in [0.29, 0.717) is 30.6 Å². The molecular weight excluding hydrogens is 476 g/mol. The number of likely N-dealkylation sites (N-methyl/N-ethyl adjacent to an activating group) is 1. The van der Waals surface area contributed by atoms with Crippen molar-refractivity contribution in [2.45, 2.75) is 75.2 Å². The lowest BCUT2D eigenvalue weighted by molar-refractivity contribution is -0.0198. The second-order valence-electron chi connectivity index (χ2n) is 12.0. The van der Waals surface area contributed by atoms with Crippen LogP contribution < -0.4 is 10.5 Å². The smallest absolute Gasteiger partial charge is 0.146 e. The Labute approximate surface area is 225 Å². The van der Waals surface area contributed by atoms with Gasteiger partial charge < -0.3 is 24.7 Å². The van der Waals surface area contributed by atoms with Crippen LogP contribution in [0.2, 0.25) is 0 Å². The zero-order valence-electron chi connectivity index (χ0n) is 22.5. The van der Waals surface area contributed by atoms with E-state index in [2.05, 4.69) is 50.8 Å². The molecule has 1 saturated carbocycles. The van der Waals surface area contributed by atoms with E-state index >= 15 is 0 Å². The number of nitrogens with zero attached hydrogens (tertiary/aromatic N) is 5. The van der Waals surface area contributed by atoms with Crippen LogP contribution in [-0.2, 0) is 4.74 Å². The molecule has 1 aliphatic carbocycles. The summed E-state index contributed by atoms with van der Waals surface area (Å²) < 4.78 is 14.9. The average Bonchev–Trinajstić information content (AvgIpc) is 3.67. The predicted molar refractivity (Wildman–Crippen MR) is 149 cm³/mol. The van der Waals surface area contributed by atoms with Gasteiger partial charge in [-0.25, -0.2) is 9.97 Å². The van der Waals surface area contributed by atoms with E-state index in [1.807, 2.05) is 6.07 Å². The Morgan fingerprint density at radius 1 is 1.00 bits per heavy atom. The number of nitrogens with two attached hydrogens (primary N) is 1. The molecule has 0 unspecified atom stereocenters. The molecule has 1 aromatic carbocycles. The van der Waals surface area contributed by atoms with Gasteiger partial charge in [0.15, 0.2) is 0 Å². The Morgan fingerprint density at radius 2 is 1.76 bits per heavy atom. The minimum absolute atomic E-state index is 0.0854. The van der Waals surface area contributed by atoms with Crippen LogP contribution in [0.1, 0.15) is 57.4 Å². The van der Waals surface area contributed by atoms with Gasteiger partial charge in [0.1, 0.15) is 35.7 Å². The van der Waals surface area contributed by atoms with Crippen LogP contribution in [0.5, 0.6) is 5.75 Å². The second-order valence-corrected chi connectivity index (χ2v) is 12.0. The maximum absolute atomic E-state index is 6.46. The number of rotatable bonds is 6. The maximum atomic E-state index is 6.46. The standard InChI is InChI=1S/C30H40N6O2/c1-34-13-15-35(16-14-34)22-5-7-23(8-6-22)36-18-26(27-28(31)32-20-33-29(27)36)21-3-2-4-25(17-21)37-19-30-11-9-24(38-30)10-12-30/h2-4,17-18,20,22-24H,5-16,19H2,1H3,(H2,31,32,33)/t22-,23-,24?,30?. The van der Waals surface area contributed by atoms with Crippen molar-refractivity contribution in [1.29, 1.82) is 0 Å². The largest absolute Gasteiger partial charge is 0.491 e. The molecule has 4 fully saturated rings. The molecule has 5 heterocycles. The first kappa shape index (κ1) is 24.4. The minimum atomic E-state index is -0.0854. The van der Waals surface area contributed by atoms with E-state index in [-0.39, 0.29) is 5.60 Å². The molecule has 0 radical (unpaired) electrons. The minimum Gasteiger partial charge on any atom is -0.491 e. The summed E-state index contributed by atoms with van der Waals surface area (Å²) in [4.78, 5) is 14.2. The van der Waals surface area contributed by atoms with Crippen molar-refractivity contribution in [3.05, 3.63) is 36.8 Å². The van der Waals surface area contributed by atoms with E-state index in [4.69, 9.17) is 20.2 Å². The van der Waals surface area contributed by atoms with Gasteiger partial charge in [0, 0.05) is 50.0 Å². The zero-order valence-corrected chi connectivity index (χ0v) is 22.5. The zero-order chi connectivity index (χ0) is 25.7. The molecule has 2 aromatic heterocycles. The highest BCUT2D eigenvalue weighted by molar-refractivity contribution is 6.00. The third-order valence-corrected chi connectivity index (χ3v) is 9.66. The van der Waals surface area contributed by atoms with Crippen LogP contribution in [0.3, 0.4) is 0 Å². The van der Waals surface area contributed by atoms with Gasteiger partial charge in [0.05, 0.1) is 11.5 Å². The van der Waals surface area contributed by atoms with E-state index in [0.717, 1.165) is 53.6 Å². The highest BCUT2D eigenvalue weighted by Gasteiger charge is 2.46. The first-order valence-corrected chi connectivity index (χ1v) is 14.5. The number of hydrogen-bond donors (Lipinski definition) is 1. The summed E-state index contributed by atoms with van der Waals surface area (Å²) in [6.45, 7) is 5.37. The van der Waals surface area contributed by atoms with Gasteiger partial charge in [-0.3, -0.25) is 4.90 Å². The van der Waals surface area contributed by atoms with Crippen molar-refractivity contribution < 1.29 is 9.47 Å². The Morgan fingerprint density at radius 3 is 2.50 bits per heavy atom. The fourth-order valence-corrected chi connectivity index (χ4v) is 7.35. The number of nitrogen functional groups attached to an aromatic ring is 1. The summed E-state index contributed by atoms with van der Waals surface area (Å²) in [5, 5.41) is 0.946. The normalized spacial score (nSPS) is 30.3. The Bertz CT molecular complexity index is 1280. The maximum Gasteiger partial charge on any atom is 0.146 e. The van der Waals surface area contributed by atoms with Gasteiger partial charge in [0.25, 0.3) is 0 Å². The van der Waals surface area contributed by atoms with E-state index < -0.39 is 0 Å². The highest BCUT2D eigenvalue weighted by Crippen LogP contribution is 2.44. The van der Waals surface area contributed by atoms with Gasteiger partial charge >= 0.3 is 0 Å². The molecular formula is C30H40N6O2. The first-order valence-electron chi connectivity index (χ1n) is 14.5. The summed E-state index contributed by atoms with van der Waals surface area (Å²) in [5.41, 5.74) is 9.50. The molecule has 3 saturated heterocycles. The predicted octanol–water partition coefficient (Wildman–Crippen LogP) is 4.50. The molecule has 38 heavy (non-hydrogen) atoms. The third kappa shape index (κ3) is 4.46. The fourth-order valence-electron chi connectivity index (χ4n) is 7.35. The van der Waals surface area contributed by atoms with E-state index in [1.54, 1.807) is 6.33 Å². The molecule has 3 aliphatic heterocycles. The number of hydrogen-bond acceptors (Lipinski definition) is 7. The van der Waals surface area contributed by atoms with Gasteiger partial charge in [-0.2, -0.15) is 0 Å². The van der Waals surface area contributed by atoms with Crippen molar-refractivity contribution in [2.24, 2.45) is 0 Å². The molecule has 8 nitrogen and oxygen atoms in total. The molecule has 2 bridgehead atoms. The van der Waals surface area contributed by atoms with Crippen molar-refractivity contribution in [2.75, 3.05) is 45.6 Å². The summed E-state index contributed by atoms with van der Waals surface area (Å²) in [6, 6.07) is 9.51. The molecule has 0 atom stereocenters. The van der Waals surface area contributed by atoms with E-state index in [9.17, 15) is 0 Å². The van der Waals surface area contributed by atoms with Crippen molar-refractivity contribution >= 4 is 16.9 Å². The molecule has 2 N–H and O–H groups in total. The molecule has 4 aliphatic rings. The lowest BCUT2D eigenvalue weighted by Gasteiger charge is -2.41. The topological polar surface area (TPSA) is 81.7 Å². The SMILES string of the molecule is CN1CCN([C@H]2CC[C@H](n3cc(-c4cccc(OCC56CCC(CC5)O6)c4)c4c(N)ncnc43)CC2)CC1. The Kier molecular flexibility index (Phi) is 6.29. The van der Waals surface area contributed by atoms with Gasteiger partial charge in [-0.15, -0.1) is 0 Å². The van der Waals surface area contributed by atoms with Crippen molar-refractivity contribution in [3.63, 3.8) is 0 Å². The molecule has 3 aromatic rings. The summed E-state index contributed by atoms with van der Waals surface area (Å²) in [7, 11) is 2.23. The van der Waals surface area contributed by atoms with Crippen LogP contribution in [0.4, 0.5) is 5.82 Å². The quantitative estimate of drug-likeness (QED) is 0.517. The van der Waals surface area contributed by atoms with E-state index in [1.165, 1.54) is 51.9 Å². The van der Waals surface area contributed by atoms with Crippen molar-refractivity contribution in [3.8, 4) is 16.9 Å². The lowest BCUT2D eigenvalue weighted by atomic mass is 9.89. The molecule has 8 heteroatoms. The highest BCUT2D eigenvalue weighted by atomic mass is 16.6. The van der Waals surface area contributed by atoms with Crippen LogP contribution in [0.15, 0.2) is 36.8 Å². The molecule has 202 valence electrons. The molecule has 0 amide bonds. The lowest BCUT2D eigenvalue weighted by Crippen LogP contribution is -2.49. The van der Waals surface area contributed by atoms with Crippen LogP contribution in [0, 0.1) is 0 Å². The Hall–Kier alpha value is -2.68. The second kappa shape index (κ2) is 9.81. The number of ether oxygens (including phenoxy) is 2. The number of benzene rings is 1. The van der Waals surface area contributed by atoms with Gasteiger partial charge in [-0.1, -0.05) is 12.1 Å². The fraction of sp³-hybridized carbons (Fsp3) is 0.600. The molecule has 7 rings (SSSR count). The third-order valence-electron chi connectivity index (χ3n) is 9.66. The number of fused-ring (bicyclic) bond motifs is 3. The Balaban J connectivity index is 1.12. The van der Waals surface area contributed by atoms with Crippen LogP contribution >= 0.6 is 0 Å². The summed E-state index contributed by atoms with van der Waals surface area (Å²) in [6.07, 6.45) is 13.6. The summed E-state index contributed by atoms with van der Waals surface area (Å²) >= 11 is 0. The number of piperazine rings is 1. The van der Waals surface area contributed by atoms with Crippen LogP contribution in [-0.4, -0.2) is 81.9 Å². The summed E-state index contributed by atoms with van der Waals surface area (Å²) in [5.74, 6) is 1.41. The first-order chi connectivity index (χ1) is 18.6. The molecule has 0 spiro atoms. The van der Waals surface area contributed by atoms with Crippen molar-refractivity contribution in [1.82, 2.24) is 24.3 Å². The average molecular weight is 517 g/mol. The number of aromatic nitrogens is 3. The van der Waals surface area contributed by atoms with Gasteiger partial charge in [0.2, 0.25) is 0 Å². The number of anilines is 1. The monoisotopic (exact) mass is 516 g/mol.